The van der Waals surface area contributed by atoms with Crippen LogP contribution in [-0.4, -0.2) is 16.0 Å². The molecule has 6 nitrogen and oxygen atoms in total. The summed E-state index contributed by atoms with van der Waals surface area (Å²) in [7, 11) is 0. The summed E-state index contributed by atoms with van der Waals surface area (Å²) >= 11 is 0. The molecule has 2 bridgehead atoms. The number of hydrogen-bond donors (Lipinski definition) is 2. The van der Waals surface area contributed by atoms with Gasteiger partial charge in [-0.15, -0.1) is 0 Å². The molecule has 2 N–H and O–H groups in total. The third-order valence-electron chi connectivity index (χ3n) is 6.80. The summed E-state index contributed by atoms with van der Waals surface area (Å²) in [5.41, 5.74) is 3.59. The van der Waals surface area contributed by atoms with Gasteiger partial charge in [-0.25, -0.2) is 4.79 Å². The van der Waals surface area contributed by atoms with Crippen molar-refractivity contribution in [3.63, 3.8) is 0 Å². The van der Waals surface area contributed by atoms with Gasteiger partial charge in [-0.3, -0.25) is 10.1 Å². The van der Waals surface area contributed by atoms with E-state index >= 15 is 0 Å². The molecule has 1 heterocycles. The molecular formula is C21H20N2O4. The SMILES string of the molecule is O=C(O)c1ccc([C@@H]2Nc3ccc([N+](=O)[O-])cc3[C@@H]3[C@H]4CC[C@@H](C4)[C@@H]32)cc1. The molecule has 138 valence electrons. The van der Waals surface area contributed by atoms with Crippen molar-refractivity contribution < 1.29 is 14.8 Å². The van der Waals surface area contributed by atoms with E-state index < -0.39 is 5.97 Å². The summed E-state index contributed by atoms with van der Waals surface area (Å²) in [6.07, 6.45) is 3.59. The van der Waals surface area contributed by atoms with E-state index in [9.17, 15) is 14.9 Å². The Hall–Kier alpha value is -2.89. The number of carbonyl (C=O) groups is 1. The second-order valence-electron chi connectivity index (χ2n) is 8.01. The van der Waals surface area contributed by atoms with Gasteiger partial charge in [0.1, 0.15) is 0 Å². The number of nitrogens with zero attached hydrogens (tertiary/aromatic N) is 1. The van der Waals surface area contributed by atoms with E-state index in [-0.39, 0.29) is 22.2 Å². The highest BCUT2D eigenvalue weighted by molar-refractivity contribution is 5.87. The number of carboxylic acid groups (broad SMARTS) is 1. The average Bonchev–Trinajstić information content (AvgIpc) is 3.29. The van der Waals surface area contributed by atoms with Crippen molar-refractivity contribution in [2.75, 3.05) is 5.32 Å². The van der Waals surface area contributed by atoms with Crippen LogP contribution in [0.4, 0.5) is 11.4 Å². The molecule has 0 aromatic heterocycles. The fourth-order valence-corrected chi connectivity index (χ4v) is 5.75. The van der Waals surface area contributed by atoms with E-state index in [0.717, 1.165) is 16.8 Å². The molecule has 2 saturated carbocycles. The molecule has 5 atom stereocenters. The second kappa shape index (κ2) is 5.81. The number of non-ortho nitro benzene ring substituents is 1. The Morgan fingerprint density at radius 3 is 2.56 bits per heavy atom. The summed E-state index contributed by atoms with van der Waals surface area (Å²) in [5, 5.41) is 24.0. The Morgan fingerprint density at radius 2 is 1.85 bits per heavy atom. The van der Waals surface area contributed by atoms with Gasteiger partial charge in [0.15, 0.2) is 0 Å². The van der Waals surface area contributed by atoms with Crippen molar-refractivity contribution in [2.45, 2.75) is 31.2 Å². The summed E-state index contributed by atoms with van der Waals surface area (Å²) in [6, 6.07) is 12.4. The fourth-order valence-electron chi connectivity index (χ4n) is 5.75. The lowest BCUT2D eigenvalue weighted by Crippen LogP contribution is -2.35. The normalized spacial score (nSPS) is 30.3. The van der Waals surface area contributed by atoms with E-state index in [1.807, 2.05) is 18.2 Å². The van der Waals surface area contributed by atoms with Crippen LogP contribution in [0.5, 0.6) is 0 Å². The molecular weight excluding hydrogens is 344 g/mol. The van der Waals surface area contributed by atoms with Crippen LogP contribution < -0.4 is 5.32 Å². The van der Waals surface area contributed by atoms with Crippen molar-refractivity contribution in [1.29, 1.82) is 0 Å². The minimum absolute atomic E-state index is 0.113. The fraction of sp³-hybridized carbons (Fsp3) is 0.381. The minimum atomic E-state index is -0.923. The Kier molecular flexibility index (Phi) is 3.50. The van der Waals surface area contributed by atoms with Crippen LogP contribution in [0.3, 0.4) is 0 Å². The van der Waals surface area contributed by atoms with E-state index in [0.29, 0.717) is 23.7 Å². The van der Waals surface area contributed by atoms with Crippen molar-refractivity contribution in [3.8, 4) is 0 Å². The number of nitrogens with one attached hydrogen (secondary N) is 1. The van der Waals surface area contributed by atoms with Crippen LogP contribution in [0.1, 0.15) is 52.7 Å². The largest absolute Gasteiger partial charge is 0.478 e. The van der Waals surface area contributed by atoms with Gasteiger partial charge in [-0.2, -0.15) is 0 Å². The first-order valence-corrected chi connectivity index (χ1v) is 9.41. The van der Waals surface area contributed by atoms with Crippen molar-refractivity contribution >= 4 is 17.3 Å². The van der Waals surface area contributed by atoms with Gasteiger partial charge in [0.25, 0.3) is 5.69 Å². The van der Waals surface area contributed by atoms with E-state index in [2.05, 4.69) is 5.32 Å². The molecule has 0 unspecified atom stereocenters. The third kappa shape index (κ3) is 2.43. The van der Waals surface area contributed by atoms with Crippen LogP contribution >= 0.6 is 0 Å². The predicted octanol–water partition coefficient (Wildman–Crippen LogP) is 4.59. The molecule has 3 aliphatic rings. The summed E-state index contributed by atoms with van der Waals surface area (Å²) in [6.45, 7) is 0. The lowest BCUT2D eigenvalue weighted by molar-refractivity contribution is -0.384. The van der Waals surface area contributed by atoms with Gasteiger partial charge in [0.2, 0.25) is 0 Å². The Bertz CT molecular complexity index is 940. The van der Waals surface area contributed by atoms with Gasteiger partial charge in [-0.05, 0) is 72.3 Å². The maximum Gasteiger partial charge on any atom is 0.335 e. The number of aromatic carboxylic acids is 1. The molecule has 2 aromatic carbocycles. The van der Waals surface area contributed by atoms with Crippen molar-refractivity contribution in [2.24, 2.45) is 17.8 Å². The van der Waals surface area contributed by atoms with Gasteiger partial charge >= 0.3 is 5.97 Å². The second-order valence-corrected chi connectivity index (χ2v) is 8.01. The summed E-state index contributed by atoms with van der Waals surface area (Å²) in [4.78, 5) is 22.1. The molecule has 2 aliphatic carbocycles. The number of rotatable bonds is 3. The predicted molar refractivity (Wildman–Crippen MR) is 99.9 cm³/mol. The lowest BCUT2D eigenvalue weighted by atomic mass is 9.68. The van der Waals surface area contributed by atoms with Gasteiger partial charge in [-0.1, -0.05) is 12.1 Å². The molecule has 0 amide bonds. The number of benzene rings is 2. The van der Waals surface area contributed by atoms with Crippen LogP contribution in [0, 0.1) is 27.9 Å². The summed E-state index contributed by atoms with van der Waals surface area (Å²) < 4.78 is 0. The zero-order chi connectivity index (χ0) is 18.7. The first kappa shape index (κ1) is 16.3. The highest BCUT2D eigenvalue weighted by Gasteiger charge is 2.54. The first-order valence-electron chi connectivity index (χ1n) is 9.41. The molecule has 2 fully saturated rings. The molecule has 1 aliphatic heterocycles. The topological polar surface area (TPSA) is 92.5 Å². The van der Waals surface area contributed by atoms with Gasteiger partial charge < -0.3 is 10.4 Å². The smallest absolute Gasteiger partial charge is 0.335 e. The number of hydrogen-bond acceptors (Lipinski definition) is 4. The Labute approximate surface area is 156 Å². The van der Waals surface area contributed by atoms with Crippen LogP contribution in [-0.2, 0) is 0 Å². The molecule has 0 spiro atoms. The van der Waals surface area contributed by atoms with Gasteiger partial charge in [0.05, 0.1) is 16.5 Å². The maximum atomic E-state index is 11.2. The molecule has 0 radical (unpaired) electrons. The molecule has 2 aromatic rings. The third-order valence-corrected chi connectivity index (χ3v) is 6.80. The van der Waals surface area contributed by atoms with E-state index in [1.54, 1.807) is 24.3 Å². The number of nitro groups is 1. The molecule has 5 rings (SSSR count). The van der Waals surface area contributed by atoms with Crippen LogP contribution in [0.25, 0.3) is 0 Å². The Morgan fingerprint density at radius 1 is 1.11 bits per heavy atom. The Balaban J connectivity index is 1.58. The first-order chi connectivity index (χ1) is 13.0. The number of fused-ring (bicyclic) bond motifs is 7. The summed E-state index contributed by atoms with van der Waals surface area (Å²) in [5.74, 6) is 1.01. The maximum absolute atomic E-state index is 11.2. The quantitative estimate of drug-likeness (QED) is 0.614. The standard InChI is InChI=1S/C21H20N2O4/c24-21(25)12-3-1-11(2-4-12)20-19-14-6-5-13(9-14)18(19)16-10-15(23(26)27)7-8-17(16)22-20/h1-4,7-8,10,13-14,18-20,22H,5-6,9H2,(H,24,25)/t13-,14-,18-,19-,20-/m0/s1. The number of carboxylic acids is 1. The number of nitro benzene ring substituents is 1. The molecule has 27 heavy (non-hydrogen) atoms. The lowest BCUT2D eigenvalue weighted by Gasteiger charge is -2.43. The molecule has 6 heteroatoms. The zero-order valence-electron chi connectivity index (χ0n) is 14.7. The monoisotopic (exact) mass is 364 g/mol. The van der Waals surface area contributed by atoms with E-state index in [1.165, 1.54) is 19.3 Å². The minimum Gasteiger partial charge on any atom is -0.478 e. The van der Waals surface area contributed by atoms with Crippen molar-refractivity contribution in [3.05, 3.63) is 69.3 Å². The highest BCUT2D eigenvalue weighted by atomic mass is 16.6. The highest BCUT2D eigenvalue weighted by Crippen LogP contribution is 2.63. The average molecular weight is 364 g/mol. The van der Waals surface area contributed by atoms with Crippen LogP contribution in [0.2, 0.25) is 0 Å². The zero-order valence-corrected chi connectivity index (χ0v) is 14.7. The van der Waals surface area contributed by atoms with Crippen LogP contribution in [0.15, 0.2) is 42.5 Å². The van der Waals surface area contributed by atoms with Crippen molar-refractivity contribution in [1.82, 2.24) is 0 Å². The van der Waals surface area contributed by atoms with Gasteiger partial charge in [0, 0.05) is 17.8 Å². The van der Waals surface area contributed by atoms with E-state index in [4.69, 9.17) is 5.11 Å². The molecule has 0 saturated heterocycles. The number of anilines is 1.